The van der Waals surface area contributed by atoms with E-state index in [1.165, 1.54) is 0 Å². The summed E-state index contributed by atoms with van der Waals surface area (Å²) in [5.74, 6) is 0.823. The lowest BCUT2D eigenvalue weighted by molar-refractivity contribution is 0.282. The van der Waals surface area contributed by atoms with Crippen LogP contribution in [0.3, 0.4) is 0 Å². The van der Waals surface area contributed by atoms with Crippen LogP contribution in [0.25, 0.3) is 28.2 Å². The minimum absolute atomic E-state index is 0.0376. The van der Waals surface area contributed by atoms with Gasteiger partial charge in [0, 0.05) is 17.3 Å². The molecule has 25 heavy (non-hydrogen) atoms. The normalized spacial score (nSPS) is 11.0. The van der Waals surface area contributed by atoms with Crippen LogP contribution in [-0.4, -0.2) is 26.6 Å². The van der Waals surface area contributed by atoms with Gasteiger partial charge in [-0.3, -0.25) is 9.38 Å². The summed E-state index contributed by atoms with van der Waals surface area (Å²) in [6, 6.07) is 15.6. The second-order valence-electron chi connectivity index (χ2n) is 5.73. The number of benzene rings is 2. The third-order valence-corrected chi connectivity index (χ3v) is 4.21. The Morgan fingerprint density at radius 2 is 1.64 bits per heavy atom. The molecule has 0 spiro atoms. The highest BCUT2D eigenvalue weighted by molar-refractivity contribution is 5.67. The van der Waals surface area contributed by atoms with Crippen molar-refractivity contribution >= 4 is 5.65 Å². The predicted molar refractivity (Wildman–Crippen MR) is 96.3 cm³/mol. The summed E-state index contributed by atoms with van der Waals surface area (Å²) >= 11 is 0. The van der Waals surface area contributed by atoms with Gasteiger partial charge in [-0.25, -0.2) is 4.98 Å². The summed E-state index contributed by atoms with van der Waals surface area (Å²) in [6.45, 7) is 0.0376. The lowest BCUT2D eigenvalue weighted by Crippen LogP contribution is -1.93. The van der Waals surface area contributed by atoms with Gasteiger partial charge in [0.2, 0.25) is 0 Å². The van der Waals surface area contributed by atoms with Crippen molar-refractivity contribution < 1.29 is 9.84 Å². The number of methoxy groups -OCH3 is 1. The molecule has 5 nitrogen and oxygen atoms in total. The molecule has 0 bridgehead atoms. The first-order valence-electron chi connectivity index (χ1n) is 7.96. The second kappa shape index (κ2) is 6.37. The van der Waals surface area contributed by atoms with Gasteiger partial charge in [-0.2, -0.15) is 0 Å². The molecule has 124 valence electrons. The van der Waals surface area contributed by atoms with Crippen molar-refractivity contribution in [2.24, 2.45) is 0 Å². The number of aromatic nitrogens is 3. The standard InChI is InChI=1S/C20H17N3O2/c1-25-17-8-6-16(7-9-17)19-10-22-20-11-21-18(12-23(19)20)15-4-2-14(13-24)3-5-15/h2-12,24H,13H2,1H3. The summed E-state index contributed by atoms with van der Waals surface area (Å²) in [4.78, 5) is 8.94. The van der Waals surface area contributed by atoms with E-state index in [2.05, 4.69) is 9.97 Å². The van der Waals surface area contributed by atoms with Crippen LogP contribution in [0.1, 0.15) is 5.56 Å². The van der Waals surface area contributed by atoms with Gasteiger partial charge in [0.15, 0.2) is 5.65 Å². The Bertz CT molecular complexity index is 1010. The average molecular weight is 331 g/mol. The van der Waals surface area contributed by atoms with E-state index in [1.54, 1.807) is 13.3 Å². The van der Waals surface area contributed by atoms with Crippen molar-refractivity contribution in [2.75, 3.05) is 7.11 Å². The fourth-order valence-electron chi connectivity index (χ4n) is 2.79. The van der Waals surface area contributed by atoms with E-state index in [-0.39, 0.29) is 6.61 Å². The molecule has 0 saturated carbocycles. The Morgan fingerprint density at radius 1 is 0.920 bits per heavy atom. The molecule has 4 rings (SSSR count). The number of ether oxygens (including phenoxy) is 1. The Balaban J connectivity index is 1.78. The maximum absolute atomic E-state index is 9.18. The van der Waals surface area contributed by atoms with Crippen LogP contribution < -0.4 is 4.74 Å². The molecule has 2 heterocycles. The van der Waals surface area contributed by atoms with Crippen LogP contribution in [0.5, 0.6) is 5.75 Å². The monoisotopic (exact) mass is 331 g/mol. The van der Waals surface area contributed by atoms with Crippen LogP contribution in [0, 0.1) is 0 Å². The minimum atomic E-state index is 0.0376. The van der Waals surface area contributed by atoms with Crippen LogP contribution in [0.2, 0.25) is 0 Å². The molecular weight excluding hydrogens is 314 g/mol. The topological polar surface area (TPSA) is 59.7 Å². The van der Waals surface area contributed by atoms with Gasteiger partial charge < -0.3 is 9.84 Å². The quantitative estimate of drug-likeness (QED) is 0.621. The number of nitrogens with zero attached hydrogens (tertiary/aromatic N) is 3. The van der Waals surface area contributed by atoms with Crippen LogP contribution in [0.15, 0.2) is 67.1 Å². The molecule has 0 aliphatic carbocycles. The van der Waals surface area contributed by atoms with Crippen LogP contribution >= 0.6 is 0 Å². The highest BCUT2D eigenvalue weighted by Crippen LogP contribution is 2.25. The number of rotatable bonds is 4. The van der Waals surface area contributed by atoms with Crippen LogP contribution in [-0.2, 0) is 6.61 Å². The Morgan fingerprint density at radius 3 is 2.32 bits per heavy atom. The number of aliphatic hydroxyl groups is 1. The first-order valence-corrected chi connectivity index (χ1v) is 7.96. The second-order valence-corrected chi connectivity index (χ2v) is 5.73. The molecule has 5 heteroatoms. The largest absolute Gasteiger partial charge is 0.497 e. The number of hydrogen-bond acceptors (Lipinski definition) is 4. The van der Waals surface area contributed by atoms with E-state index in [1.807, 2.05) is 65.3 Å². The first kappa shape index (κ1) is 15.4. The fraction of sp³-hybridized carbons (Fsp3) is 0.100. The predicted octanol–water partition coefficient (Wildman–Crippen LogP) is 3.56. The zero-order valence-electron chi connectivity index (χ0n) is 13.8. The highest BCUT2D eigenvalue weighted by Gasteiger charge is 2.09. The molecule has 0 radical (unpaired) electrons. The molecular formula is C20H17N3O2. The molecule has 0 aliphatic heterocycles. The summed E-state index contributed by atoms with van der Waals surface area (Å²) in [5.41, 5.74) is 5.57. The van der Waals surface area contributed by atoms with E-state index in [4.69, 9.17) is 4.74 Å². The van der Waals surface area contributed by atoms with Crippen molar-refractivity contribution in [3.05, 3.63) is 72.7 Å². The first-order chi connectivity index (χ1) is 12.3. The maximum atomic E-state index is 9.18. The highest BCUT2D eigenvalue weighted by atomic mass is 16.5. The van der Waals surface area contributed by atoms with E-state index in [0.717, 1.165) is 39.5 Å². The lowest BCUT2D eigenvalue weighted by atomic mass is 10.1. The van der Waals surface area contributed by atoms with E-state index >= 15 is 0 Å². The third-order valence-electron chi connectivity index (χ3n) is 4.21. The number of imidazole rings is 1. The molecule has 0 atom stereocenters. The molecule has 4 aromatic rings. The number of hydrogen-bond donors (Lipinski definition) is 1. The van der Waals surface area contributed by atoms with Crippen molar-refractivity contribution in [3.8, 4) is 28.3 Å². The Kier molecular flexibility index (Phi) is 3.91. The van der Waals surface area contributed by atoms with Gasteiger partial charge in [0.1, 0.15) is 5.75 Å². The van der Waals surface area contributed by atoms with Gasteiger partial charge >= 0.3 is 0 Å². The molecule has 0 saturated heterocycles. The SMILES string of the molecule is COc1ccc(-c2cnc3cnc(-c4ccc(CO)cc4)cn23)cc1. The van der Waals surface area contributed by atoms with Gasteiger partial charge in [-0.15, -0.1) is 0 Å². The van der Waals surface area contributed by atoms with Gasteiger partial charge in [-0.1, -0.05) is 24.3 Å². The maximum Gasteiger partial charge on any atom is 0.155 e. The molecule has 2 aromatic heterocycles. The van der Waals surface area contributed by atoms with Crippen molar-refractivity contribution in [1.29, 1.82) is 0 Å². The zero-order valence-corrected chi connectivity index (χ0v) is 13.8. The van der Waals surface area contributed by atoms with Crippen molar-refractivity contribution in [3.63, 3.8) is 0 Å². The zero-order chi connectivity index (χ0) is 17.2. The van der Waals surface area contributed by atoms with Crippen molar-refractivity contribution in [1.82, 2.24) is 14.4 Å². The summed E-state index contributed by atoms with van der Waals surface area (Å²) in [5, 5.41) is 9.18. The smallest absolute Gasteiger partial charge is 0.155 e. The summed E-state index contributed by atoms with van der Waals surface area (Å²) in [6.07, 6.45) is 5.59. The molecule has 0 unspecified atom stereocenters. The molecule has 0 aliphatic rings. The average Bonchev–Trinajstić information content (AvgIpc) is 3.11. The van der Waals surface area contributed by atoms with E-state index in [9.17, 15) is 5.11 Å². The van der Waals surface area contributed by atoms with Crippen molar-refractivity contribution in [2.45, 2.75) is 6.61 Å². The Labute approximate surface area is 145 Å². The molecule has 2 aromatic carbocycles. The molecule has 1 N–H and O–H groups in total. The molecule has 0 fully saturated rings. The van der Waals surface area contributed by atoms with E-state index in [0.29, 0.717) is 0 Å². The fourth-order valence-corrected chi connectivity index (χ4v) is 2.79. The lowest BCUT2D eigenvalue weighted by Gasteiger charge is -2.06. The van der Waals surface area contributed by atoms with Gasteiger partial charge in [0.25, 0.3) is 0 Å². The minimum Gasteiger partial charge on any atom is -0.497 e. The van der Waals surface area contributed by atoms with E-state index < -0.39 is 0 Å². The number of aliphatic hydroxyl groups excluding tert-OH is 1. The third kappa shape index (κ3) is 2.86. The summed E-state index contributed by atoms with van der Waals surface area (Å²) in [7, 11) is 1.66. The van der Waals surface area contributed by atoms with Gasteiger partial charge in [-0.05, 0) is 29.8 Å². The Hall–Kier alpha value is -3.18. The summed E-state index contributed by atoms with van der Waals surface area (Å²) < 4.78 is 7.25. The molecule has 0 amide bonds. The van der Waals surface area contributed by atoms with Crippen LogP contribution in [0.4, 0.5) is 0 Å². The number of fused-ring (bicyclic) bond motifs is 1. The van der Waals surface area contributed by atoms with Gasteiger partial charge in [0.05, 0.1) is 37.5 Å².